The zero-order valence-corrected chi connectivity index (χ0v) is 11.4. The van der Waals surface area contributed by atoms with Crippen molar-refractivity contribution in [1.82, 2.24) is 4.98 Å². The van der Waals surface area contributed by atoms with Crippen LogP contribution in [0.15, 0.2) is 60.8 Å². The molecule has 0 atom stereocenters. The summed E-state index contributed by atoms with van der Waals surface area (Å²) in [6.45, 7) is 2.15. The van der Waals surface area contributed by atoms with Gasteiger partial charge in [-0.2, -0.15) is 0 Å². The molecule has 1 aromatic heterocycles. The smallest absolute Gasteiger partial charge is 0.0407 e. The molecule has 0 N–H and O–H groups in total. The average molecular weight is 257 g/mol. The molecule has 4 rings (SSSR count). The van der Waals surface area contributed by atoms with Gasteiger partial charge in [0, 0.05) is 17.3 Å². The first-order chi connectivity index (χ1) is 9.88. The van der Waals surface area contributed by atoms with Gasteiger partial charge in [-0.15, -0.1) is 0 Å². The molecule has 0 saturated heterocycles. The lowest BCUT2D eigenvalue weighted by Gasteiger charge is -2.10. The topological polar surface area (TPSA) is 12.9 Å². The maximum Gasteiger partial charge on any atom is 0.0407 e. The van der Waals surface area contributed by atoms with E-state index in [9.17, 15) is 0 Å². The Bertz CT molecular complexity index is 903. The molecule has 0 radical (unpaired) electrons. The van der Waals surface area contributed by atoms with Crippen molar-refractivity contribution in [3.63, 3.8) is 0 Å². The summed E-state index contributed by atoms with van der Waals surface area (Å²) < 4.78 is 0. The summed E-state index contributed by atoms with van der Waals surface area (Å²) in [5, 5.41) is 7.79. The van der Waals surface area contributed by atoms with Crippen molar-refractivity contribution in [3.8, 4) is 0 Å². The summed E-state index contributed by atoms with van der Waals surface area (Å²) in [6.07, 6.45) is 3.00. The molecule has 0 saturated carbocycles. The van der Waals surface area contributed by atoms with Crippen molar-refractivity contribution in [2.24, 2.45) is 0 Å². The molecule has 20 heavy (non-hydrogen) atoms. The van der Waals surface area contributed by atoms with Gasteiger partial charge in [0.25, 0.3) is 0 Å². The summed E-state index contributed by atoms with van der Waals surface area (Å²) in [6, 6.07) is 19.5. The highest BCUT2D eigenvalue weighted by atomic mass is 14.7. The zero-order chi connectivity index (χ0) is 13.5. The van der Waals surface area contributed by atoms with Gasteiger partial charge in [0.1, 0.15) is 0 Å². The van der Waals surface area contributed by atoms with Gasteiger partial charge < -0.3 is 0 Å². The lowest BCUT2D eigenvalue weighted by molar-refractivity contribution is 1.05. The Morgan fingerprint density at radius 3 is 1.75 bits per heavy atom. The Labute approximate surface area is 117 Å². The van der Waals surface area contributed by atoms with E-state index in [0.29, 0.717) is 0 Å². The second-order valence-corrected chi connectivity index (χ2v) is 5.17. The largest absolute Gasteiger partial charge is 0.261 e. The highest BCUT2D eigenvalue weighted by Crippen LogP contribution is 2.34. The Hall–Kier alpha value is -2.41. The normalized spacial score (nSPS) is 11.4. The van der Waals surface area contributed by atoms with Crippen LogP contribution in [0.2, 0.25) is 0 Å². The predicted octanol–water partition coefficient (Wildman–Crippen LogP) is 5.10. The van der Waals surface area contributed by atoms with Crippen LogP contribution >= 0.6 is 0 Å². The number of hydrogen-bond donors (Lipinski definition) is 0. The first-order valence-corrected chi connectivity index (χ1v) is 7.06. The second-order valence-electron chi connectivity index (χ2n) is 5.17. The van der Waals surface area contributed by atoms with Crippen molar-refractivity contribution in [2.45, 2.75) is 13.3 Å². The molecule has 0 amide bonds. The molecule has 0 bridgehead atoms. The minimum Gasteiger partial charge on any atom is -0.261 e. The number of hydrogen-bond acceptors (Lipinski definition) is 1. The molecule has 0 aliphatic carbocycles. The van der Waals surface area contributed by atoms with Gasteiger partial charge in [0.2, 0.25) is 0 Å². The fraction of sp³-hybridized carbons (Fsp3) is 0.105. The van der Waals surface area contributed by atoms with E-state index < -0.39 is 0 Å². The van der Waals surface area contributed by atoms with Crippen molar-refractivity contribution in [1.29, 1.82) is 0 Å². The Balaban J connectivity index is 2.35. The minimum atomic E-state index is 0.969. The number of rotatable bonds is 1. The standard InChI is InChI=1S/C19H15N/c1-2-13-11-18-16-9-5-3-7-14(16)15-8-4-6-10-17(15)19(18)12-20-13/h3-12H,2H2,1H3. The molecule has 0 aliphatic rings. The van der Waals surface area contributed by atoms with E-state index in [2.05, 4.69) is 66.5 Å². The quantitative estimate of drug-likeness (QED) is 0.432. The van der Waals surface area contributed by atoms with E-state index in [1.54, 1.807) is 0 Å². The van der Waals surface area contributed by atoms with E-state index in [1.165, 1.54) is 32.3 Å². The van der Waals surface area contributed by atoms with Crippen molar-refractivity contribution >= 4 is 32.3 Å². The van der Waals surface area contributed by atoms with Gasteiger partial charge in [-0.25, -0.2) is 0 Å². The van der Waals surface area contributed by atoms with Crippen LogP contribution in [-0.2, 0) is 6.42 Å². The zero-order valence-electron chi connectivity index (χ0n) is 11.4. The monoisotopic (exact) mass is 257 g/mol. The van der Waals surface area contributed by atoms with Crippen LogP contribution in [0.25, 0.3) is 32.3 Å². The second kappa shape index (κ2) is 4.31. The first-order valence-electron chi connectivity index (χ1n) is 7.06. The van der Waals surface area contributed by atoms with Crippen molar-refractivity contribution in [2.75, 3.05) is 0 Å². The predicted molar refractivity (Wildman–Crippen MR) is 86.1 cm³/mol. The van der Waals surface area contributed by atoms with Crippen LogP contribution < -0.4 is 0 Å². The van der Waals surface area contributed by atoms with E-state index in [0.717, 1.165) is 12.1 Å². The van der Waals surface area contributed by atoms with Gasteiger partial charge in [-0.05, 0) is 39.4 Å². The first kappa shape index (κ1) is 11.4. The number of fused-ring (bicyclic) bond motifs is 6. The summed E-state index contributed by atoms with van der Waals surface area (Å²) >= 11 is 0. The molecular formula is C19H15N. The maximum absolute atomic E-state index is 4.58. The Morgan fingerprint density at radius 1 is 0.700 bits per heavy atom. The number of benzene rings is 3. The average Bonchev–Trinajstić information content (AvgIpc) is 2.54. The fourth-order valence-electron chi connectivity index (χ4n) is 3.04. The molecule has 0 aliphatic heterocycles. The third-order valence-corrected chi connectivity index (χ3v) is 4.05. The van der Waals surface area contributed by atoms with E-state index in [1.807, 2.05) is 6.20 Å². The fourth-order valence-corrected chi connectivity index (χ4v) is 3.04. The number of nitrogens with zero attached hydrogens (tertiary/aromatic N) is 1. The molecule has 0 fully saturated rings. The molecule has 3 aromatic carbocycles. The van der Waals surface area contributed by atoms with Gasteiger partial charge in [0.15, 0.2) is 0 Å². The van der Waals surface area contributed by atoms with E-state index in [4.69, 9.17) is 0 Å². The molecule has 0 unspecified atom stereocenters. The summed E-state index contributed by atoms with van der Waals surface area (Å²) in [5.74, 6) is 0. The number of aryl methyl sites for hydroxylation is 1. The van der Waals surface area contributed by atoms with Gasteiger partial charge >= 0.3 is 0 Å². The molecule has 0 spiro atoms. The minimum absolute atomic E-state index is 0.969. The number of aromatic nitrogens is 1. The van der Waals surface area contributed by atoms with Crippen LogP contribution in [-0.4, -0.2) is 4.98 Å². The molecule has 1 heteroatoms. The van der Waals surface area contributed by atoms with Gasteiger partial charge in [-0.1, -0.05) is 55.5 Å². The van der Waals surface area contributed by atoms with Gasteiger partial charge in [0.05, 0.1) is 0 Å². The number of pyridine rings is 1. The highest BCUT2D eigenvalue weighted by Gasteiger charge is 2.08. The highest BCUT2D eigenvalue weighted by molar-refractivity contribution is 6.25. The van der Waals surface area contributed by atoms with E-state index >= 15 is 0 Å². The van der Waals surface area contributed by atoms with Crippen LogP contribution in [0.5, 0.6) is 0 Å². The maximum atomic E-state index is 4.58. The summed E-state index contributed by atoms with van der Waals surface area (Å²) in [7, 11) is 0. The van der Waals surface area contributed by atoms with Crippen LogP contribution in [0.1, 0.15) is 12.6 Å². The Kier molecular flexibility index (Phi) is 2.46. The molecule has 1 heterocycles. The summed E-state index contributed by atoms with van der Waals surface area (Å²) in [5.41, 5.74) is 1.15. The van der Waals surface area contributed by atoms with Crippen molar-refractivity contribution < 1.29 is 0 Å². The van der Waals surface area contributed by atoms with Crippen molar-refractivity contribution in [3.05, 3.63) is 66.5 Å². The lowest BCUT2D eigenvalue weighted by Crippen LogP contribution is -1.89. The Morgan fingerprint density at radius 2 is 1.20 bits per heavy atom. The SMILES string of the molecule is CCc1cc2c3ccccc3c3ccccc3c2cn1. The lowest BCUT2D eigenvalue weighted by atomic mass is 9.95. The van der Waals surface area contributed by atoms with Crippen LogP contribution in [0.4, 0.5) is 0 Å². The summed E-state index contributed by atoms with van der Waals surface area (Å²) in [4.78, 5) is 4.58. The molecule has 1 nitrogen and oxygen atoms in total. The third kappa shape index (κ3) is 1.53. The van der Waals surface area contributed by atoms with Gasteiger partial charge in [-0.3, -0.25) is 4.98 Å². The third-order valence-electron chi connectivity index (χ3n) is 4.05. The van der Waals surface area contributed by atoms with Crippen LogP contribution in [0, 0.1) is 0 Å². The molecular weight excluding hydrogens is 242 g/mol. The van der Waals surface area contributed by atoms with E-state index in [-0.39, 0.29) is 0 Å². The van der Waals surface area contributed by atoms with Crippen LogP contribution in [0.3, 0.4) is 0 Å². The molecule has 96 valence electrons. The molecule has 4 aromatic rings.